The van der Waals surface area contributed by atoms with E-state index in [-0.39, 0.29) is 10.7 Å². The molecule has 1 aromatic rings. The van der Waals surface area contributed by atoms with Crippen LogP contribution in [0.15, 0.2) is 18.2 Å². The third-order valence-corrected chi connectivity index (χ3v) is 4.53. The molecule has 1 amide bonds. The standard InChI is InChI=1S/C16H26N2OS/c1-6-9-17-14-8-7-13(10-12(14)2)15(19)18-11-16(3,4)20-5/h7-8,10,17H,6,9,11H2,1-5H3,(H,18,19). The zero-order chi connectivity index (χ0) is 15.2. The largest absolute Gasteiger partial charge is 0.385 e. The summed E-state index contributed by atoms with van der Waals surface area (Å²) in [6, 6.07) is 5.81. The maximum absolute atomic E-state index is 12.1. The number of carbonyl (C=O) groups excluding carboxylic acids is 1. The second-order valence-electron chi connectivity index (χ2n) is 5.60. The zero-order valence-electron chi connectivity index (χ0n) is 13.2. The van der Waals surface area contributed by atoms with Gasteiger partial charge in [-0.1, -0.05) is 6.92 Å². The summed E-state index contributed by atoms with van der Waals surface area (Å²) in [5, 5.41) is 6.36. The fraction of sp³-hybridized carbons (Fsp3) is 0.562. The Morgan fingerprint density at radius 1 is 1.35 bits per heavy atom. The number of nitrogens with one attached hydrogen (secondary N) is 2. The van der Waals surface area contributed by atoms with Gasteiger partial charge in [-0.3, -0.25) is 4.79 Å². The molecule has 0 spiro atoms. The quantitative estimate of drug-likeness (QED) is 0.806. The summed E-state index contributed by atoms with van der Waals surface area (Å²) >= 11 is 1.75. The van der Waals surface area contributed by atoms with Gasteiger partial charge < -0.3 is 10.6 Å². The van der Waals surface area contributed by atoms with Gasteiger partial charge in [-0.15, -0.1) is 0 Å². The molecule has 0 atom stereocenters. The van der Waals surface area contributed by atoms with Crippen LogP contribution in [0.2, 0.25) is 0 Å². The fourth-order valence-electron chi connectivity index (χ4n) is 1.73. The molecule has 1 rings (SSSR count). The molecule has 112 valence electrons. The molecule has 0 saturated heterocycles. The van der Waals surface area contributed by atoms with Crippen molar-refractivity contribution in [3.8, 4) is 0 Å². The first-order valence-electron chi connectivity index (χ1n) is 7.07. The van der Waals surface area contributed by atoms with E-state index >= 15 is 0 Å². The number of rotatable bonds is 7. The van der Waals surface area contributed by atoms with Crippen molar-refractivity contribution in [2.24, 2.45) is 0 Å². The molecule has 20 heavy (non-hydrogen) atoms. The molecule has 0 aliphatic rings. The average molecular weight is 294 g/mol. The number of hydrogen-bond donors (Lipinski definition) is 2. The van der Waals surface area contributed by atoms with Gasteiger partial charge >= 0.3 is 0 Å². The first-order chi connectivity index (χ1) is 9.39. The SMILES string of the molecule is CCCNc1ccc(C(=O)NCC(C)(C)SC)cc1C. The van der Waals surface area contributed by atoms with Crippen LogP contribution < -0.4 is 10.6 Å². The third kappa shape index (κ3) is 5.08. The highest BCUT2D eigenvalue weighted by Gasteiger charge is 2.17. The topological polar surface area (TPSA) is 41.1 Å². The Hall–Kier alpha value is -1.16. The zero-order valence-corrected chi connectivity index (χ0v) is 14.0. The Balaban J connectivity index is 2.67. The van der Waals surface area contributed by atoms with Gasteiger partial charge in [-0.25, -0.2) is 0 Å². The van der Waals surface area contributed by atoms with E-state index in [1.54, 1.807) is 11.8 Å². The molecule has 2 N–H and O–H groups in total. The van der Waals surface area contributed by atoms with E-state index in [1.165, 1.54) is 0 Å². The minimum Gasteiger partial charge on any atom is -0.385 e. The molecular formula is C16H26N2OS. The molecule has 4 heteroatoms. The monoisotopic (exact) mass is 294 g/mol. The van der Waals surface area contributed by atoms with Crippen LogP contribution in [0.5, 0.6) is 0 Å². The first kappa shape index (κ1) is 16.9. The number of aryl methyl sites for hydroxylation is 1. The Bertz CT molecular complexity index is 458. The number of amides is 1. The molecule has 0 radical (unpaired) electrons. The number of benzene rings is 1. The smallest absolute Gasteiger partial charge is 0.251 e. The van der Waals surface area contributed by atoms with Gasteiger partial charge in [0.1, 0.15) is 0 Å². The first-order valence-corrected chi connectivity index (χ1v) is 8.30. The molecule has 0 aliphatic carbocycles. The van der Waals surface area contributed by atoms with E-state index in [4.69, 9.17) is 0 Å². The minimum atomic E-state index is -0.00253. The maximum Gasteiger partial charge on any atom is 0.251 e. The molecule has 0 unspecified atom stereocenters. The van der Waals surface area contributed by atoms with Gasteiger partial charge in [0.2, 0.25) is 0 Å². The van der Waals surface area contributed by atoms with Crippen molar-refractivity contribution < 1.29 is 4.79 Å². The van der Waals surface area contributed by atoms with Crippen LogP contribution in [0.4, 0.5) is 5.69 Å². The van der Waals surface area contributed by atoms with Crippen LogP contribution >= 0.6 is 11.8 Å². The van der Waals surface area contributed by atoms with Crippen LogP contribution in [0.1, 0.15) is 43.1 Å². The normalized spacial score (nSPS) is 11.2. The molecule has 0 saturated carbocycles. The lowest BCUT2D eigenvalue weighted by atomic mass is 10.1. The Morgan fingerprint density at radius 3 is 2.60 bits per heavy atom. The van der Waals surface area contributed by atoms with Crippen molar-refractivity contribution in [1.29, 1.82) is 0 Å². The highest BCUT2D eigenvalue weighted by Crippen LogP contribution is 2.20. The van der Waals surface area contributed by atoms with Gasteiger partial charge in [0.05, 0.1) is 0 Å². The van der Waals surface area contributed by atoms with Gasteiger partial charge in [-0.05, 0) is 57.2 Å². The van der Waals surface area contributed by atoms with E-state index in [1.807, 2.05) is 25.1 Å². The second kappa shape index (κ2) is 7.58. The van der Waals surface area contributed by atoms with Gasteiger partial charge in [0.25, 0.3) is 5.91 Å². The van der Waals surface area contributed by atoms with Crippen LogP contribution in [-0.4, -0.2) is 30.0 Å². The summed E-state index contributed by atoms with van der Waals surface area (Å²) in [6.45, 7) is 10.0. The van der Waals surface area contributed by atoms with Crippen molar-refractivity contribution in [2.75, 3.05) is 24.7 Å². The summed E-state index contributed by atoms with van der Waals surface area (Å²) in [5.41, 5.74) is 2.93. The molecule has 0 heterocycles. The lowest BCUT2D eigenvalue weighted by Crippen LogP contribution is -2.36. The summed E-state index contributed by atoms with van der Waals surface area (Å²) < 4.78 is 0.0628. The Labute approximate surface area is 126 Å². The summed E-state index contributed by atoms with van der Waals surface area (Å²) in [4.78, 5) is 12.1. The second-order valence-corrected chi connectivity index (χ2v) is 7.12. The van der Waals surface area contributed by atoms with Crippen molar-refractivity contribution in [3.63, 3.8) is 0 Å². The van der Waals surface area contributed by atoms with Gasteiger partial charge in [-0.2, -0.15) is 11.8 Å². The average Bonchev–Trinajstić information content (AvgIpc) is 2.43. The Morgan fingerprint density at radius 2 is 2.05 bits per heavy atom. The molecule has 0 fully saturated rings. The van der Waals surface area contributed by atoms with Crippen molar-refractivity contribution in [3.05, 3.63) is 29.3 Å². The summed E-state index contributed by atoms with van der Waals surface area (Å²) in [7, 11) is 0. The van der Waals surface area contributed by atoms with Crippen molar-refractivity contribution >= 4 is 23.4 Å². The van der Waals surface area contributed by atoms with E-state index in [9.17, 15) is 4.79 Å². The summed E-state index contributed by atoms with van der Waals surface area (Å²) in [5.74, 6) is -0.00253. The highest BCUT2D eigenvalue weighted by atomic mass is 32.2. The fourth-order valence-corrected chi connectivity index (χ4v) is 1.95. The molecule has 0 bridgehead atoms. The molecule has 3 nitrogen and oxygen atoms in total. The predicted octanol–water partition coefficient (Wildman–Crippen LogP) is 3.69. The van der Waals surface area contributed by atoms with Crippen molar-refractivity contribution in [1.82, 2.24) is 5.32 Å². The molecule has 1 aromatic carbocycles. The van der Waals surface area contributed by atoms with E-state index in [0.717, 1.165) is 29.8 Å². The van der Waals surface area contributed by atoms with Crippen LogP contribution in [0, 0.1) is 6.92 Å². The van der Waals surface area contributed by atoms with Crippen LogP contribution in [0.3, 0.4) is 0 Å². The minimum absolute atomic E-state index is 0.00253. The van der Waals surface area contributed by atoms with Crippen LogP contribution in [0.25, 0.3) is 0 Å². The maximum atomic E-state index is 12.1. The van der Waals surface area contributed by atoms with Crippen LogP contribution in [-0.2, 0) is 0 Å². The van der Waals surface area contributed by atoms with Gasteiger partial charge in [0.15, 0.2) is 0 Å². The Kier molecular flexibility index (Phi) is 6.40. The lowest BCUT2D eigenvalue weighted by Gasteiger charge is -2.22. The highest BCUT2D eigenvalue weighted by molar-refractivity contribution is 7.99. The van der Waals surface area contributed by atoms with Crippen molar-refractivity contribution in [2.45, 2.75) is 38.9 Å². The number of thioether (sulfide) groups is 1. The van der Waals surface area contributed by atoms with E-state index in [2.05, 4.69) is 37.7 Å². The molecular weight excluding hydrogens is 268 g/mol. The summed E-state index contributed by atoms with van der Waals surface area (Å²) in [6.07, 6.45) is 3.15. The number of carbonyl (C=O) groups is 1. The number of anilines is 1. The molecule has 0 aromatic heterocycles. The third-order valence-electron chi connectivity index (χ3n) is 3.28. The lowest BCUT2D eigenvalue weighted by molar-refractivity contribution is 0.0951. The van der Waals surface area contributed by atoms with E-state index < -0.39 is 0 Å². The predicted molar refractivity (Wildman–Crippen MR) is 89.9 cm³/mol. The number of hydrogen-bond acceptors (Lipinski definition) is 3. The van der Waals surface area contributed by atoms with E-state index in [0.29, 0.717) is 6.54 Å². The molecule has 0 aliphatic heterocycles. The van der Waals surface area contributed by atoms with Gasteiger partial charge in [0, 0.05) is 29.1 Å².